The predicted molar refractivity (Wildman–Crippen MR) is 88.9 cm³/mol. The Labute approximate surface area is 144 Å². The minimum Gasteiger partial charge on any atom is -0.495 e. The minimum absolute atomic E-state index is 0.00738. The number of hydrogen-bond acceptors (Lipinski definition) is 5. The average Bonchev–Trinajstić information content (AvgIpc) is 3.15. The molecule has 0 spiro atoms. The molecule has 3 aromatic rings. The molecule has 0 aliphatic rings. The molecule has 0 unspecified atom stereocenters. The summed E-state index contributed by atoms with van der Waals surface area (Å²) in [4.78, 5) is 3.97. The second-order valence-electron chi connectivity index (χ2n) is 5.15. The summed E-state index contributed by atoms with van der Waals surface area (Å²) in [5.74, 6) is 0.0301. The van der Waals surface area contributed by atoms with Gasteiger partial charge in [-0.15, -0.1) is 0 Å². The number of nitrogens with zero attached hydrogens (tertiary/aromatic N) is 1. The van der Waals surface area contributed by atoms with Gasteiger partial charge in [0, 0.05) is 12.7 Å². The van der Waals surface area contributed by atoms with Gasteiger partial charge in [-0.05, 0) is 42.0 Å². The summed E-state index contributed by atoms with van der Waals surface area (Å²) in [7, 11) is -2.62. The molecular weight excluding hydrogens is 347 g/mol. The molecule has 2 aromatic heterocycles. The van der Waals surface area contributed by atoms with E-state index in [-0.39, 0.29) is 17.2 Å². The van der Waals surface area contributed by atoms with E-state index in [9.17, 15) is 12.8 Å². The van der Waals surface area contributed by atoms with Gasteiger partial charge in [0.25, 0.3) is 0 Å². The van der Waals surface area contributed by atoms with Gasteiger partial charge in [-0.3, -0.25) is 4.98 Å². The van der Waals surface area contributed by atoms with Crippen LogP contribution in [0.3, 0.4) is 0 Å². The van der Waals surface area contributed by atoms with Crippen LogP contribution in [0.2, 0.25) is 0 Å². The van der Waals surface area contributed by atoms with E-state index in [1.54, 1.807) is 36.7 Å². The Hall–Kier alpha value is -2.71. The monoisotopic (exact) mass is 362 g/mol. The topological polar surface area (TPSA) is 81.4 Å². The summed E-state index contributed by atoms with van der Waals surface area (Å²) in [6, 6.07) is 10.3. The van der Waals surface area contributed by atoms with Crippen LogP contribution >= 0.6 is 0 Å². The van der Waals surface area contributed by atoms with Crippen LogP contribution < -0.4 is 9.46 Å². The SMILES string of the molecule is COc1ccc(F)cc1S(=O)(=O)NCc1ccc(-c2ccco2)nc1. The number of pyridine rings is 1. The molecule has 0 atom stereocenters. The van der Waals surface area contributed by atoms with Crippen molar-refractivity contribution in [1.29, 1.82) is 0 Å². The van der Waals surface area contributed by atoms with Gasteiger partial charge >= 0.3 is 0 Å². The maximum Gasteiger partial charge on any atom is 0.244 e. The first-order valence-electron chi connectivity index (χ1n) is 7.31. The Morgan fingerprint density at radius 1 is 1.24 bits per heavy atom. The normalized spacial score (nSPS) is 11.4. The Morgan fingerprint density at radius 3 is 2.72 bits per heavy atom. The Morgan fingerprint density at radius 2 is 2.08 bits per heavy atom. The quantitative estimate of drug-likeness (QED) is 0.729. The molecule has 0 amide bonds. The summed E-state index contributed by atoms with van der Waals surface area (Å²) in [5, 5.41) is 0. The summed E-state index contributed by atoms with van der Waals surface area (Å²) >= 11 is 0. The summed E-state index contributed by atoms with van der Waals surface area (Å²) in [5.41, 5.74) is 1.29. The molecule has 2 heterocycles. The van der Waals surface area contributed by atoms with E-state index in [2.05, 4.69) is 9.71 Å². The number of nitrogens with one attached hydrogen (secondary N) is 1. The summed E-state index contributed by atoms with van der Waals surface area (Å²) in [6.45, 7) is 0.00738. The van der Waals surface area contributed by atoms with Crippen LogP contribution in [0.4, 0.5) is 4.39 Å². The van der Waals surface area contributed by atoms with Gasteiger partial charge in [-0.1, -0.05) is 6.07 Å². The molecule has 25 heavy (non-hydrogen) atoms. The van der Waals surface area contributed by atoms with Crippen molar-refractivity contribution in [3.05, 3.63) is 66.3 Å². The smallest absolute Gasteiger partial charge is 0.244 e. The van der Waals surface area contributed by atoms with E-state index in [0.29, 0.717) is 17.0 Å². The van der Waals surface area contributed by atoms with E-state index >= 15 is 0 Å². The first-order valence-corrected chi connectivity index (χ1v) is 8.80. The highest BCUT2D eigenvalue weighted by Crippen LogP contribution is 2.24. The number of sulfonamides is 1. The van der Waals surface area contributed by atoms with Crippen LogP contribution in [-0.2, 0) is 16.6 Å². The molecule has 6 nitrogen and oxygen atoms in total. The number of furan rings is 1. The fourth-order valence-electron chi connectivity index (χ4n) is 2.22. The fraction of sp³-hybridized carbons (Fsp3) is 0.118. The van der Waals surface area contributed by atoms with Crippen LogP contribution in [0.5, 0.6) is 5.75 Å². The highest BCUT2D eigenvalue weighted by atomic mass is 32.2. The molecule has 3 rings (SSSR count). The molecule has 0 saturated heterocycles. The highest BCUT2D eigenvalue weighted by molar-refractivity contribution is 7.89. The first-order chi connectivity index (χ1) is 12.0. The molecule has 0 aliphatic carbocycles. The van der Waals surface area contributed by atoms with Gasteiger partial charge in [-0.25, -0.2) is 17.5 Å². The van der Waals surface area contributed by atoms with E-state index in [1.165, 1.54) is 13.2 Å². The average molecular weight is 362 g/mol. The standard InChI is InChI=1S/C17H15FN2O4S/c1-23-16-7-5-13(18)9-17(16)25(21,22)20-11-12-4-6-14(19-10-12)15-3-2-8-24-15/h2-10,20H,11H2,1H3. The zero-order valence-corrected chi connectivity index (χ0v) is 14.1. The molecule has 8 heteroatoms. The van der Waals surface area contributed by atoms with Crippen LogP contribution in [0.15, 0.2) is 64.2 Å². The maximum absolute atomic E-state index is 13.4. The van der Waals surface area contributed by atoms with Crippen molar-refractivity contribution in [2.75, 3.05) is 7.11 Å². The van der Waals surface area contributed by atoms with Gasteiger partial charge < -0.3 is 9.15 Å². The lowest BCUT2D eigenvalue weighted by atomic mass is 10.2. The predicted octanol–water partition coefficient (Wildman–Crippen LogP) is 2.97. The van der Waals surface area contributed by atoms with Gasteiger partial charge in [0.1, 0.15) is 22.2 Å². The number of methoxy groups -OCH3 is 1. The Bertz CT molecular complexity index is 955. The van der Waals surface area contributed by atoms with Crippen LogP contribution in [-0.4, -0.2) is 20.5 Å². The number of rotatable bonds is 6. The number of hydrogen-bond donors (Lipinski definition) is 1. The highest BCUT2D eigenvalue weighted by Gasteiger charge is 2.20. The zero-order valence-electron chi connectivity index (χ0n) is 13.3. The van der Waals surface area contributed by atoms with Crippen molar-refractivity contribution in [3.8, 4) is 17.2 Å². The third-order valence-corrected chi connectivity index (χ3v) is 4.90. The molecule has 1 aromatic carbocycles. The number of halogens is 1. The zero-order chi connectivity index (χ0) is 17.9. The summed E-state index contributed by atoms with van der Waals surface area (Å²) in [6.07, 6.45) is 3.09. The van der Waals surface area contributed by atoms with Crippen LogP contribution in [0, 0.1) is 5.82 Å². The van der Waals surface area contributed by atoms with E-state index in [4.69, 9.17) is 9.15 Å². The Kier molecular flexibility index (Phi) is 4.82. The molecule has 1 N–H and O–H groups in total. The van der Waals surface area contributed by atoms with Gasteiger partial charge in [0.05, 0.1) is 13.4 Å². The number of benzene rings is 1. The lowest BCUT2D eigenvalue weighted by molar-refractivity contribution is 0.400. The lowest BCUT2D eigenvalue weighted by Gasteiger charge is -2.11. The largest absolute Gasteiger partial charge is 0.495 e. The molecule has 0 aliphatic heterocycles. The molecule has 130 valence electrons. The van der Waals surface area contributed by atoms with Crippen molar-refractivity contribution in [3.63, 3.8) is 0 Å². The first kappa shape index (κ1) is 17.1. The second-order valence-corrected chi connectivity index (χ2v) is 6.88. The van der Waals surface area contributed by atoms with Crippen LogP contribution in [0.25, 0.3) is 11.5 Å². The minimum atomic E-state index is -3.94. The van der Waals surface area contributed by atoms with Crippen molar-refractivity contribution in [2.45, 2.75) is 11.4 Å². The summed E-state index contributed by atoms with van der Waals surface area (Å²) < 4.78 is 50.8. The lowest BCUT2D eigenvalue weighted by Crippen LogP contribution is -2.24. The third-order valence-electron chi connectivity index (χ3n) is 3.48. The molecule has 0 saturated carbocycles. The second kappa shape index (κ2) is 7.04. The third kappa shape index (κ3) is 3.86. The van der Waals surface area contributed by atoms with Crippen LogP contribution in [0.1, 0.15) is 5.56 Å². The molecule has 0 radical (unpaired) electrons. The van der Waals surface area contributed by atoms with Gasteiger partial charge in [0.2, 0.25) is 10.0 Å². The van der Waals surface area contributed by atoms with Crippen molar-refractivity contribution in [2.24, 2.45) is 0 Å². The maximum atomic E-state index is 13.4. The van der Waals surface area contributed by atoms with Gasteiger partial charge in [0.15, 0.2) is 5.76 Å². The van der Waals surface area contributed by atoms with Crippen molar-refractivity contribution >= 4 is 10.0 Å². The molecular formula is C17H15FN2O4S. The van der Waals surface area contributed by atoms with E-state index in [0.717, 1.165) is 12.1 Å². The van der Waals surface area contributed by atoms with E-state index < -0.39 is 15.8 Å². The van der Waals surface area contributed by atoms with Gasteiger partial charge in [-0.2, -0.15) is 0 Å². The van der Waals surface area contributed by atoms with Crippen molar-refractivity contribution in [1.82, 2.24) is 9.71 Å². The number of ether oxygens (including phenoxy) is 1. The Balaban J connectivity index is 1.75. The molecule has 0 bridgehead atoms. The van der Waals surface area contributed by atoms with Crippen molar-refractivity contribution < 1.29 is 22.0 Å². The van der Waals surface area contributed by atoms with E-state index in [1.807, 2.05) is 0 Å². The fourth-order valence-corrected chi connectivity index (χ4v) is 3.41. The molecule has 0 fully saturated rings. The number of aromatic nitrogens is 1.